The lowest BCUT2D eigenvalue weighted by molar-refractivity contribution is 0.0556. The number of phenolic OH excluding ortho intramolecular Hbond substituents is 1. The number of rotatable bonds is 3. The summed E-state index contributed by atoms with van der Waals surface area (Å²) in [6, 6.07) is 3.46. The van der Waals surface area contributed by atoms with Crippen LogP contribution in [-0.4, -0.2) is 17.7 Å². The van der Waals surface area contributed by atoms with E-state index in [1.54, 1.807) is 12.1 Å². The van der Waals surface area contributed by atoms with Gasteiger partial charge in [0.05, 0.1) is 5.56 Å². The van der Waals surface area contributed by atoms with Crippen molar-refractivity contribution in [1.82, 2.24) is 0 Å². The van der Waals surface area contributed by atoms with Crippen LogP contribution in [0.1, 0.15) is 82.8 Å². The molecule has 0 spiro atoms. The third-order valence-electron chi connectivity index (χ3n) is 3.74. The van der Waals surface area contributed by atoms with E-state index in [9.17, 15) is 9.90 Å². The first-order valence-corrected chi connectivity index (χ1v) is 8.49. The average molecular weight is 330 g/mol. The zero-order valence-corrected chi connectivity index (χ0v) is 16.0. The van der Waals surface area contributed by atoms with Crippen LogP contribution in [0, 0.1) is 11.8 Å². The van der Waals surface area contributed by atoms with Gasteiger partial charge in [0.1, 0.15) is 5.75 Å². The topological polar surface area (TPSA) is 46.5 Å². The van der Waals surface area contributed by atoms with E-state index in [0.717, 1.165) is 24.0 Å². The second-order valence-electron chi connectivity index (χ2n) is 8.10. The normalized spacial score (nSPS) is 11.6. The van der Waals surface area contributed by atoms with Gasteiger partial charge in [0.2, 0.25) is 0 Å². The first-order chi connectivity index (χ1) is 11.0. The number of unbranched alkanes of at least 4 members (excludes halogenated alkanes) is 1. The van der Waals surface area contributed by atoms with Crippen molar-refractivity contribution in [3.63, 3.8) is 0 Å². The lowest BCUT2D eigenvalue weighted by atomic mass is 9.78. The van der Waals surface area contributed by atoms with Gasteiger partial charge in [-0.25, -0.2) is 4.79 Å². The van der Waals surface area contributed by atoms with Gasteiger partial charge in [-0.1, -0.05) is 60.3 Å². The molecule has 3 heteroatoms. The van der Waals surface area contributed by atoms with E-state index in [2.05, 4.69) is 18.8 Å². The molecule has 0 heterocycles. The summed E-state index contributed by atoms with van der Waals surface area (Å²) < 4.78 is 5.26. The Morgan fingerprint density at radius 3 is 1.96 bits per heavy atom. The zero-order chi connectivity index (χ0) is 18.5. The standard InChI is InChI=1S/C21H30O3/c1-8-9-10-11-12-24-19(23)15-13-16(20(2,3)4)18(22)17(14-15)21(5,6)7/h13-14,22H,8-9,12H2,1-7H3. The molecular formula is C21H30O3. The van der Waals surface area contributed by atoms with Crippen LogP contribution in [0.5, 0.6) is 5.75 Å². The maximum atomic E-state index is 12.4. The number of benzene rings is 1. The number of hydrogen-bond donors (Lipinski definition) is 1. The third kappa shape index (κ3) is 5.30. The van der Waals surface area contributed by atoms with Crippen LogP contribution in [0.2, 0.25) is 0 Å². The molecule has 1 aromatic carbocycles. The lowest BCUT2D eigenvalue weighted by Crippen LogP contribution is -2.19. The fourth-order valence-corrected chi connectivity index (χ4v) is 2.35. The van der Waals surface area contributed by atoms with Crippen LogP contribution in [-0.2, 0) is 15.6 Å². The quantitative estimate of drug-likeness (QED) is 0.630. The van der Waals surface area contributed by atoms with E-state index in [4.69, 9.17) is 4.74 Å². The molecule has 0 saturated heterocycles. The third-order valence-corrected chi connectivity index (χ3v) is 3.74. The number of esters is 1. The van der Waals surface area contributed by atoms with Crippen molar-refractivity contribution in [2.75, 3.05) is 6.61 Å². The van der Waals surface area contributed by atoms with Gasteiger partial charge < -0.3 is 9.84 Å². The second-order valence-corrected chi connectivity index (χ2v) is 8.10. The Morgan fingerprint density at radius 1 is 1.04 bits per heavy atom. The molecule has 24 heavy (non-hydrogen) atoms. The van der Waals surface area contributed by atoms with E-state index in [-0.39, 0.29) is 23.2 Å². The van der Waals surface area contributed by atoms with E-state index in [1.807, 2.05) is 41.5 Å². The van der Waals surface area contributed by atoms with Crippen LogP contribution in [0.15, 0.2) is 12.1 Å². The summed E-state index contributed by atoms with van der Waals surface area (Å²) in [5, 5.41) is 10.7. The van der Waals surface area contributed by atoms with E-state index >= 15 is 0 Å². The minimum Gasteiger partial charge on any atom is -0.507 e. The predicted octanol–water partition coefficient (Wildman–Crippen LogP) is 4.95. The van der Waals surface area contributed by atoms with Gasteiger partial charge in [0, 0.05) is 17.5 Å². The van der Waals surface area contributed by atoms with Gasteiger partial charge in [-0.3, -0.25) is 0 Å². The largest absolute Gasteiger partial charge is 0.507 e. The van der Waals surface area contributed by atoms with Crippen molar-refractivity contribution in [1.29, 1.82) is 0 Å². The van der Waals surface area contributed by atoms with Gasteiger partial charge in [-0.15, -0.1) is 0 Å². The highest BCUT2D eigenvalue weighted by Crippen LogP contribution is 2.39. The first kappa shape index (κ1) is 20.1. The first-order valence-electron chi connectivity index (χ1n) is 8.49. The van der Waals surface area contributed by atoms with Crippen molar-refractivity contribution in [3.8, 4) is 17.6 Å². The summed E-state index contributed by atoms with van der Waals surface area (Å²) >= 11 is 0. The van der Waals surface area contributed by atoms with Gasteiger partial charge in [-0.05, 0) is 29.4 Å². The molecule has 0 aliphatic carbocycles. The van der Waals surface area contributed by atoms with Crippen molar-refractivity contribution in [2.45, 2.75) is 72.1 Å². The van der Waals surface area contributed by atoms with Crippen LogP contribution < -0.4 is 0 Å². The molecule has 0 radical (unpaired) electrons. The Balaban J connectivity index is 3.20. The fraction of sp³-hybridized carbons (Fsp3) is 0.571. The van der Waals surface area contributed by atoms with Crippen molar-refractivity contribution < 1.29 is 14.6 Å². The number of aromatic hydroxyl groups is 1. The molecular weight excluding hydrogens is 300 g/mol. The molecule has 0 aliphatic rings. The summed E-state index contributed by atoms with van der Waals surface area (Å²) in [6.07, 6.45) is 1.79. The lowest BCUT2D eigenvalue weighted by Gasteiger charge is -2.27. The Kier molecular flexibility index (Phi) is 6.49. The minimum absolute atomic E-state index is 0.0927. The Labute approximate surface area is 146 Å². The molecule has 0 saturated carbocycles. The Bertz CT molecular complexity index is 611. The maximum Gasteiger partial charge on any atom is 0.339 e. The van der Waals surface area contributed by atoms with Crippen LogP contribution in [0.4, 0.5) is 0 Å². The van der Waals surface area contributed by atoms with Crippen LogP contribution in [0.3, 0.4) is 0 Å². The van der Waals surface area contributed by atoms with Crippen molar-refractivity contribution >= 4 is 5.97 Å². The summed E-state index contributed by atoms with van der Waals surface area (Å²) in [7, 11) is 0. The molecule has 3 nitrogen and oxygen atoms in total. The minimum atomic E-state index is -0.406. The number of carbonyl (C=O) groups excluding carboxylic acids is 1. The molecule has 0 bridgehead atoms. The Morgan fingerprint density at radius 2 is 1.54 bits per heavy atom. The molecule has 1 N–H and O–H groups in total. The van der Waals surface area contributed by atoms with Crippen molar-refractivity contribution in [3.05, 3.63) is 28.8 Å². The van der Waals surface area contributed by atoms with Crippen molar-refractivity contribution in [2.24, 2.45) is 0 Å². The molecule has 1 aromatic rings. The van der Waals surface area contributed by atoms with Gasteiger partial charge in [-0.2, -0.15) is 0 Å². The zero-order valence-electron chi connectivity index (χ0n) is 16.0. The number of phenols is 1. The average Bonchev–Trinajstić information content (AvgIpc) is 2.44. The van der Waals surface area contributed by atoms with Crippen LogP contribution >= 0.6 is 0 Å². The highest BCUT2D eigenvalue weighted by molar-refractivity contribution is 5.90. The summed E-state index contributed by atoms with van der Waals surface area (Å²) in [5.41, 5.74) is 1.40. The molecule has 0 aliphatic heterocycles. The second kappa shape index (κ2) is 7.75. The molecule has 0 amide bonds. The molecule has 132 valence electrons. The van der Waals surface area contributed by atoms with Gasteiger partial charge >= 0.3 is 5.97 Å². The SMILES string of the molecule is CCCC#CCOC(=O)c1cc(C(C)(C)C)c(O)c(C(C)(C)C)c1. The Hall–Kier alpha value is -1.95. The molecule has 0 aromatic heterocycles. The highest BCUT2D eigenvalue weighted by atomic mass is 16.5. The smallest absolute Gasteiger partial charge is 0.339 e. The fourth-order valence-electron chi connectivity index (χ4n) is 2.35. The molecule has 0 fully saturated rings. The van der Waals surface area contributed by atoms with E-state index in [0.29, 0.717) is 5.56 Å². The molecule has 1 rings (SSSR count). The summed E-state index contributed by atoms with van der Waals surface area (Å²) in [4.78, 5) is 12.4. The van der Waals surface area contributed by atoms with Crippen LogP contribution in [0.25, 0.3) is 0 Å². The monoisotopic (exact) mass is 330 g/mol. The number of hydrogen-bond acceptors (Lipinski definition) is 3. The summed E-state index contributed by atoms with van der Waals surface area (Å²) in [6.45, 7) is 14.2. The number of carbonyl (C=O) groups is 1. The number of ether oxygens (including phenoxy) is 1. The van der Waals surface area contributed by atoms with E-state index in [1.165, 1.54) is 0 Å². The van der Waals surface area contributed by atoms with Gasteiger partial charge in [0.25, 0.3) is 0 Å². The molecule has 0 unspecified atom stereocenters. The van der Waals surface area contributed by atoms with E-state index < -0.39 is 5.97 Å². The predicted molar refractivity (Wildman–Crippen MR) is 98.5 cm³/mol. The van der Waals surface area contributed by atoms with Gasteiger partial charge in [0.15, 0.2) is 6.61 Å². The molecule has 0 atom stereocenters. The maximum absolute atomic E-state index is 12.4. The highest BCUT2D eigenvalue weighted by Gasteiger charge is 2.28. The summed E-state index contributed by atoms with van der Waals surface area (Å²) in [5.74, 6) is 5.65.